The van der Waals surface area contributed by atoms with Crippen molar-refractivity contribution in [3.63, 3.8) is 0 Å². The lowest BCUT2D eigenvalue weighted by atomic mass is 9.85. The number of phenols is 1. The minimum Gasteiger partial charge on any atom is -0.508 e. The van der Waals surface area contributed by atoms with Crippen LogP contribution in [0.15, 0.2) is 54.6 Å². The predicted molar refractivity (Wildman–Crippen MR) is 100 cm³/mol. The molecule has 0 spiro atoms. The van der Waals surface area contributed by atoms with Crippen LogP contribution in [0, 0.1) is 0 Å². The number of likely N-dealkylation sites (tertiary alicyclic amines) is 1. The van der Waals surface area contributed by atoms with Crippen molar-refractivity contribution in [2.75, 3.05) is 26.2 Å². The van der Waals surface area contributed by atoms with E-state index in [0.29, 0.717) is 31.6 Å². The molecule has 1 unspecified atom stereocenters. The van der Waals surface area contributed by atoms with Crippen LogP contribution in [0.2, 0.25) is 0 Å². The van der Waals surface area contributed by atoms with Gasteiger partial charge >= 0.3 is 0 Å². The fraction of sp³-hybridized carbons (Fsp3) is 0.429. The normalized spacial score (nSPS) is 18.4. The number of ether oxygens (including phenoxy) is 1. The van der Waals surface area contributed by atoms with Crippen molar-refractivity contribution in [1.29, 1.82) is 0 Å². The molecule has 1 saturated heterocycles. The summed E-state index contributed by atoms with van der Waals surface area (Å²) >= 11 is 0. The highest BCUT2D eigenvalue weighted by Crippen LogP contribution is 2.26. The maximum absolute atomic E-state index is 10.8. The molecule has 0 radical (unpaired) electrons. The van der Waals surface area contributed by atoms with Crippen molar-refractivity contribution < 1.29 is 20.1 Å². The van der Waals surface area contributed by atoms with Gasteiger partial charge in [-0.2, -0.15) is 0 Å². The molecule has 1 fully saturated rings. The van der Waals surface area contributed by atoms with E-state index in [4.69, 9.17) is 4.74 Å². The maximum atomic E-state index is 10.8. The van der Waals surface area contributed by atoms with Crippen LogP contribution in [0.5, 0.6) is 11.5 Å². The van der Waals surface area contributed by atoms with Gasteiger partial charge in [-0.3, -0.25) is 0 Å². The Balaban J connectivity index is 1.41. The zero-order valence-electron chi connectivity index (χ0n) is 14.9. The van der Waals surface area contributed by atoms with Crippen LogP contribution >= 0.6 is 0 Å². The fourth-order valence-electron chi connectivity index (χ4n) is 3.39. The lowest BCUT2D eigenvalue weighted by Gasteiger charge is -2.39. The lowest BCUT2D eigenvalue weighted by Crippen LogP contribution is -2.48. The molecule has 5 heteroatoms. The Labute approximate surface area is 154 Å². The van der Waals surface area contributed by atoms with Crippen molar-refractivity contribution in [1.82, 2.24) is 4.90 Å². The van der Waals surface area contributed by atoms with Gasteiger partial charge in [-0.05, 0) is 42.7 Å². The Bertz CT molecular complexity index is 666. The Morgan fingerprint density at radius 3 is 2.31 bits per heavy atom. The second-order valence-corrected chi connectivity index (χ2v) is 7.15. The van der Waals surface area contributed by atoms with Gasteiger partial charge in [-0.15, -0.1) is 0 Å². The molecule has 0 aromatic heterocycles. The molecule has 2 aromatic rings. The van der Waals surface area contributed by atoms with Gasteiger partial charge in [-0.1, -0.05) is 30.3 Å². The van der Waals surface area contributed by atoms with Crippen molar-refractivity contribution in [3.8, 4) is 11.5 Å². The van der Waals surface area contributed by atoms with Crippen LogP contribution in [-0.4, -0.2) is 58.2 Å². The number of aliphatic hydroxyl groups excluding tert-OH is 1. The molecule has 0 aliphatic carbocycles. The number of nitrogens with zero attached hydrogens (tertiary/aromatic N) is 1. The van der Waals surface area contributed by atoms with Gasteiger partial charge in [0.2, 0.25) is 0 Å². The molecule has 0 amide bonds. The number of benzene rings is 2. The predicted octanol–water partition coefficient (Wildman–Crippen LogP) is 2.20. The average molecular weight is 357 g/mol. The molecular formula is C21H27NO4. The third-order valence-electron chi connectivity index (χ3n) is 4.91. The first-order valence-electron chi connectivity index (χ1n) is 9.11. The monoisotopic (exact) mass is 357 g/mol. The van der Waals surface area contributed by atoms with Crippen molar-refractivity contribution in [2.24, 2.45) is 0 Å². The molecule has 1 aliphatic rings. The number of piperidine rings is 1. The van der Waals surface area contributed by atoms with E-state index in [2.05, 4.69) is 17.0 Å². The fourth-order valence-corrected chi connectivity index (χ4v) is 3.39. The second kappa shape index (κ2) is 8.54. The van der Waals surface area contributed by atoms with Crippen molar-refractivity contribution in [3.05, 3.63) is 60.2 Å². The topological polar surface area (TPSA) is 73.2 Å². The Morgan fingerprint density at radius 2 is 1.65 bits per heavy atom. The summed E-state index contributed by atoms with van der Waals surface area (Å²) in [4.78, 5) is 2.17. The van der Waals surface area contributed by atoms with Gasteiger partial charge in [0.15, 0.2) is 0 Å². The summed E-state index contributed by atoms with van der Waals surface area (Å²) in [5, 5.41) is 30.3. The standard InChI is InChI=1S/C21H27NO4/c23-18-6-8-20(9-7-18)26-16-19(24)15-22-12-10-21(25,11-13-22)14-17-4-2-1-3-5-17/h1-9,19,23-25H,10-16H2. The zero-order chi connectivity index (χ0) is 18.4. The van der Waals surface area contributed by atoms with Crippen LogP contribution in [0.3, 0.4) is 0 Å². The van der Waals surface area contributed by atoms with Crippen molar-refractivity contribution in [2.45, 2.75) is 31.0 Å². The van der Waals surface area contributed by atoms with Gasteiger partial charge in [-0.25, -0.2) is 0 Å². The number of aromatic hydroxyl groups is 1. The number of hydrogen-bond donors (Lipinski definition) is 3. The smallest absolute Gasteiger partial charge is 0.119 e. The van der Waals surface area contributed by atoms with E-state index in [1.807, 2.05) is 18.2 Å². The molecule has 1 heterocycles. The number of aliphatic hydroxyl groups is 2. The summed E-state index contributed by atoms with van der Waals surface area (Å²) in [5.74, 6) is 0.812. The highest BCUT2D eigenvalue weighted by Gasteiger charge is 2.32. The summed E-state index contributed by atoms with van der Waals surface area (Å²) in [6.45, 7) is 2.26. The Morgan fingerprint density at radius 1 is 1.00 bits per heavy atom. The Kier molecular flexibility index (Phi) is 6.14. The average Bonchev–Trinajstić information content (AvgIpc) is 2.64. The summed E-state index contributed by atoms with van der Waals surface area (Å²) in [7, 11) is 0. The third kappa shape index (κ3) is 5.46. The zero-order valence-corrected chi connectivity index (χ0v) is 14.9. The van der Waals surface area contributed by atoms with Crippen LogP contribution in [-0.2, 0) is 6.42 Å². The van der Waals surface area contributed by atoms with Crippen LogP contribution in [0.25, 0.3) is 0 Å². The van der Waals surface area contributed by atoms with Gasteiger partial charge in [0.05, 0.1) is 5.60 Å². The molecular weight excluding hydrogens is 330 g/mol. The third-order valence-corrected chi connectivity index (χ3v) is 4.91. The largest absolute Gasteiger partial charge is 0.508 e. The van der Waals surface area contributed by atoms with E-state index >= 15 is 0 Å². The first-order chi connectivity index (χ1) is 12.5. The minimum absolute atomic E-state index is 0.189. The van der Waals surface area contributed by atoms with E-state index in [0.717, 1.165) is 18.7 Å². The molecule has 5 nitrogen and oxygen atoms in total. The number of hydrogen-bond acceptors (Lipinski definition) is 5. The summed E-state index contributed by atoms with van der Waals surface area (Å²) in [5.41, 5.74) is 0.497. The number of rotatable bonds is 7. The molecule has 140 valence electrons. The van der Waals surface area contributed by atoms with E-state index in [1.165, 1.54) is 0 Å². The molecule has 26 heavy (non-hydrogen) atoms. The van der Waals surface area contributed by atoms with E-state index in [1.54, 1.807) is 24.3 Å². The Hall–Kier alpha value is -2.08. The first kappa shape index (κ1) is 18.7. The SMILES string of the molecule is Oc1ccc(OCC(O)CN2CCC(O)(Cc3ccccc3)CC2)cc1. The molecule has 1 atom stereocenters. The molecule has 2 aromatic carbocycles. The van der Waals surface area contributed by atoms with Gasteiger partial charge in [0.1, 0.15) is 24.2 Å². The second-order valence-electron chi connectivity index (χ2n) is 7.15. The molecule has 3 N–H and O–H groups in total. The van der Waals surface area contributed by atoms with E-state index < -0.39 is 11.7 Å². The van der Waals surface area contributed by atoms with Crippen molar-refractivity contribution >= 4 is 0 Å². The summed E-state index contributed by atoms with van der Waals surface area (Å²) < 4.78 is 5.55. The van der Waals surface area contributed by atoms with Crippen LogP contribution < -0.4 is 4.74 Å². The highest BCUT2D eigenvalue weighted by molar-refractivity contribution is 5.30. The number of β-amino-alcohol motifs (C(OH)–C–C–N with tert-alkyl or cyclic N) is 1. The first-order valence-corrected chi connectivity index (χ1v) is 9.11. The van der Waals surface area contributed by atoms with Gasteiger partial charge in [0, 0.05) is 26.1 Å². The summed E-state index contributed by atoms with van der Waals surface area (Å²) in [6.07, 6.45) is 1.49. The summed E-state index contributed by atoms with van der Waals surface area (Å²) in [6, 6.07) is 16.5. The van der Waals surface area contributed by atoms with Gasteiger partial charge in [0.25, 0.3) is 0 Å². The molecule has 1 aliphatic heterocycles. The van der Waals surface area contributed by atoms with Crippen LogP contribution in [0.1, 0.15) is 18.4 Å². The quantitative estimate of drug-likeness (QED) is 0.708. The van der Waals surface area contributed by atoms with E-state index in [9.17, 15) is 15.3 Å². The van der Waals surface area contributed by atoms with Crippen LogP contribution in [0.4, 0.5) is 0 Å². The lowest BCUT2D eigenvalue weighted by molar-refractivity contribution is -0.0325. The molecule has 0 saturated carbocycles. The van der Waals surface area contributed by atoms with Gasteiger partial charge < -0.3 is 25.0 Å². The maximum Gasteiger partial charge on any atom is 0.119 e. The minimum atomic E-state index is -0.661. The highest BCUT2D eigenvalue weighted by atomic mass is 16.5. The van der Waals surface area contributed by atoms with E-state index in [-0.39, 0.29) is 12.4 Å². The number of phenolic OH excluding ortho intramolecular Hbond substituents is 1. The molecule has 3 rings (SSSR count). The molecule has 0 bridgehead atoms.